The SMILES string of the molecule is CCOC(=O)n1nc2c(c1NC(=O)COC)CN(C(=O)O)C2(C)C. The molecule has 2 amide bonds. The average molecular weight is 340 g/mol. The number of hydrogen-bond acceptors (Lipinski definition) is 6. The molecule has 132 valence electrons. The molecule has 0 saturated carbocycles. The van der Waals surface area contributed by atoms with Crippen molar-refractivity contribution in [2.75, 3.05) is 25.6 Å². The number of aromatic nitrogens is 2. The third-order valence-corrected chi connectivity index (χ3v) is 3.76. The fraction of sp³-hybridized carbons (Fsp3) is 0.571. The van der Waals surface area contributed by atoms with Gasteiger partial charge in [0.05, 0.1) is 24.4 Å². The van der Waals surface area contributed by atoms with Crippen molar-refractivity contribution >= 4 is 23.9 Å². The van der Waals surface area contributed by atoms with Crippen molar-refractivity contribution < 1.29 is 29.0 Å². The summed E-state index contributed by atoms with van der Waals surface area (Å²) in [7, 11) is 1.36. The highest BCUT2D eigenvalue weighted by atomic mass is 16.6. The Morgan fingerprint density at radius 1 is 1.38 bits per heavy atom. The quantitative estimate of drug-likeness (QED) is 0.844. The number of fused-ring (bicyclic) bond motifs is 1. The van der Waals surface area contributed by atoms with Crippen LogP contribution in [-0.2, 0) is 26.4 Å². The van der Waals surface area contributed by atoms with Crippen LogP contribution in [-0.4, -0.2) is 58.2 Å². The molecule has 1 aromatic heterocycles. The Morgan fingerprint density at radius 3 is 2.58 bits per heavy atom. The summed E-state index contributed by atoms with van der Waals surface area (Å²) in [4.78, 5) is 36.6. The fourth-order valence-corrected chi connectivity index (χ4v) is 2.63. The van der Waals surface area contributed by atoms with Crippen molar-refractivity contribution in [3.05, 3.63) is 11.3 Å². The van der Waals surface area contributed by atoms with E-state index < -0.39 is 23.6 Å². The summed E-state index contributed by atoms with van der Waals surface area (Å²) in [6.45, 7) is 4.93. The number of nitrogens with zero attached hydrogens (tertiary/aromatic N) is 3. The second kappa shape index (κ2) is 6.48. The van der Waals surface area contributed by atoms with E-state index in [9.17, 15) is 19.5 Å². The third kappa shape index (κ3) is 2.92. The van der Waals surface area contributed by atoms with Gasteiger partial charge in [0.25, 0.3) is 5.91 Å². The topological polar surface area (TPSA) is 123 Å². The molecule has 10 nitrogen and oxygen atoms in total. The van der Waals surface area contributed by atoms with E-state index >= 15 is 0 Å². The van der Waals surface area contributed by atoms with Crippen LogP contribution < -0.4 is 5.32 Å². The highest BCUT2D eigenvalue weighted by Crippen LogP contribution is 2.41. The van der Waals surface area contributed by atoms with Crippen LogP contribution in [0.15, 0.2) is 0 Å². The predicted molar refractivity (Wildman–Crippen MR) is 81.7 cm³/mol. The molecular formula is C14H20N4O6. The summed E-state index contributed by atoms with van der Waals surface area (Å²) in [5.74, 6) is -0.389. The number of carboxylic acid groups (broad SMARTS) is 1. The maximum atomic E-state index is 12.1. The minimum Gasteiger partial charge on any atom is -0.465 e. The van der Waals surface area contributed by atoms with E-state index in [0.717, 1.165) is 4.68 Å². The van der Waals surface area contributed by atoms with E-state index in [-0.39, 0.29) is 25.6 Å². The molecule has 0 fully saturated rings. The molecule has 2 rings (SSSR count). The van der Waals surface area contributed by atoms with Crippen molar-refractivity contribution in [2.45, 2.75) is 32.9 Å². The van der Waals surface area contributed by atoms with E-state index in [1.807, 2.05) is 0 Å². The number of hydrogen-bond donors (Lipinski definition) is 2. The van der Waals surface area contributed by atoms with Crippen molar-refractivity contribution in [3.63, 3.8) is 0 Å². The number of ether oxygens (including phenoxy) is 2. The number of nitrogens with one attached hydrogen (secondary N) is 1. The van der Waals surface area contributed by atoms with Crippen LogP contribution in [0.1, 0.15) is 32.0 Å². The largest absolute Gasteiger partial charge is 0.465 e. The number of amides is 2. The summed E-state index contributed by atoms with van der Waals surface area (Å²) in [5, 5.41) is 16.1. The lowest BCUT2D eigenvalue weighted by molar-refractivity contribution is -0.119. The highest BCUT2D eigenvalue weighted by molar-refractivity contribution is 5.94. The summed E-state index contributed by atoms with van der Waals surface area (Å²) < 4.78 is 10.6. The molecule has 0 aromatic carbocycles. The first-order chi connectivity index (χ1) is 11.2. The first-order valence-corrected chi connectivity index (χ1v) is 7.32. The first kappa shape index (κ1) is 17.7. The van der Waals surface area contributed by atoms with E-state index in [2.05, 4.69) is 10.4 Å². The van der Waals surface area contributed by atoms with Gasteiger partial charge < -0.3 is 19.9 Å². The summed E-state index contributed by atoms with van der Waals surface area (Å²) in [6.07, 6.45) is -1.87. The van der Waals surface area contributed by atoms with E-state index in [4.69, 9.17) is 9.47 Å². The lowest BCUT2D eigenvalue weighted by atomic mass is 10.0. The van der Waals surface area contributed by atoms with Gasteiger partial charge in [-0.1, -0.05) is 0 Å². The Labute approximate surface area is 138 Å². The second-order valence-corrected chi connectivity index (χ2v) is 5.70. The van der Waals surface area contributed by atoms with Crippen molar-refractivity contribution in [2.24, 2.45) is 0 Å². The number of carbonyl (C=O) groups is 3. The molecule has 1 aliphatic rings. The monoisotopic (exact) mass is 340 g/mol. The van der Waals surface area contributed by atoms with Crippen molar-refractivity contribution in [3.8, 4) is 0 Å². The van der Waals surface area contributed by atoms with Crippen LogP contribution in [0.3, 0.4) is 0 Å². The molecule has 2 heterocycles. The molecular weight excluding hydrogens is 320 g/mol. The molecule has 0 atom stereocenters. The molecule has 0 bridgehead atoms. The molecule has 1 aliphatic heterocycles. The van der Waals surface area contributed by atoms with Crippen LogP contribution in [0.25, 0.3) is 0 Å². The summed E-state index contributed by atoms with van der Waals surface area (Å²) >= 11 is 0. The molecule has 1 aromatic rings. The van der Waals surface area contributed by atoms with Gasteiger partial charge in [-0.3, -0.25) is 9.69 Å². The van der Waals surface area contributed by atoms with Gasteiger partial charge in [0.2, 0.25) is 0 Å². The number of carbonyl (C=O) groups excluding carboxylic acids is 2. The maximum absolute atomic E-state index is 12.1. The molecule has 10 heteroatoms. The minimum absolute atomic E-state index is 0.000330. The maximum Gasteiger partial charge on any atom is 0.436 e. The zero-order valence-electron chi connectivity index (χ0n) is 14.0. The molecule has 0 unspecified atom stereocenters. The lowest BCUT2D eigenvalue weighted by Gasteiger charge is -2.28. The fourth-order valence-electron chi connectivity index (χ4n) is 2.63. The van der Waals surface area contributed by atoms with Gasteiger partial charge in [0.15, 0.2) is 0 Å². The molecule has 24 heavy (non-hydrogen) atoms. The van der Waals surface area contributed by atoms with Crippen molar-refractivity contribution in [1.82, 2.24) is 14.7 Å². The van der Waals surface area contributed by atoms with Crippen LogP contribution in [0.2, 0.25) is 0 Å². The van der Waals surface area contributed by atoms with Gasteiger partial charge in [-0.2, -0.15) is 5.10 Å². The summed E-state index contributed by atoms with van der Waals surface area (Å²) in [6, 6.07) is 0. The predicted octanol–water partition coefficient (Wildman–Crippen LogP) is 1.20. The van der Waals surface area contributed by atoms with Crippen LogP contribution in [0.5, 0.6) is 0 Å². The van der Waals surface area contributed by atoms with Gasteiger partial charge in [-0.25, -0.2) is 9.59 Å². The summed E-state index contributed by atoms with van der Waals surface area (Å²) in [5.41, 5.74) is -0.0924. The van der Waals surface area contributed by atoms with E-state index in [1.54, 1.807) is 20.8 Å². The van der Waals surface area contributed by atoms with E-state index in [0.29, 0.717) is 11.3 Å². The van der Waals surface area contributed by atoms with Gasteiger partial charge >= 0.3 is 12.2 Å². The number of methoxy groups -OCH3 is 1. The molecule has 0 spiro atoms. The van der Waals surface area contributed by atoms with Crippen LogP contribution in [0, 0.1) is 0 Å². The van der Waals surface area contributed by atoms with Crippen LogP contribution >= 0.6 is 0 Å². The second-order valence-electron chi connectivity index (χ2n) is 5.70. The average Bonchev–Trinajstić information content (AvgIpc) is 2.95. The van der Waals surface area contributed by atoms with Gasteiger partial charge in [-0.15, -0.1) is 4.68 Å². The first-order valence-electron chi connectivity index (χ1n) is 7.32. The van der Waals surface area contributed by atoms with Gasteiger partial charge in [0, 0.05) is 12.7 Å². The number of anilines is 1. The smallest absolute Gasteiger partial charge is 0.436 e. The van der Waals surface area contributed by atoms with Crippen molar-refractivity contribution in [1.29, 1.82) is 0 Å². The minimum atomic E-state index is -1.12. The third-order valence-electron chi connectivity index (χ3n) is 3.76. The zero-order valence-corrected chi connectivity index (χ0v) is 14.0. The lowest BCUT2D eigenvalue weighted by Crippen LogP contribution is -2.40. The number of rotatable bonds is 4. The van der Waals surface area contributed by atoms with E-state index in [1.165, 1.54) is 12.0 Å². The molecule has 0 aliphatic carbocycles. The Balaban J connectivity index is 2.49. The Bertz CT molecular complexity index is 681. The normalized spacial score (nSPS) is 15.1. The highest BCUT2D eigenvalue weighted by Gasteiger charge is 2.46. The Hall–Kier alpha value is -2.62. The van der Waals surface area contributed by atoms with Gasteiger partial charge in [-0.05, 0) is 20.8 Å². The Kier molecular flexibility index (Phi) is 4.78. The Morgan fingerprint density at radius 2 is 2.04 bits per heavy atom. The molecule has 0 radical (unpaired) electrons. The molecule has 0 saturated heterocycles. The standard InChI is InChI=1S/C14H20N4O6/c1-5-24-13(22)18-11(15-9(19)7-23-4)8-6-17(12(20)21)14(2,3)10(8)16-18/h5-7H2,1-4H3,(H,15,19)(H,20,21). The van der Waals surface area contributed by atoms with Crippen LogP contribution in [0.4, 0.5) is 15.4 Å². The zero-order chi connectivity index (χ0) is 18.1. The van der Waals surface area contributed by atoms with Gasteiger partial charge in [0.1, 0.15) is 12.4 Å². The molecule has 2 N–H and O–H groups in total.